The summed E-state index contributed by atoms with van der Waals surface area (Å²) in [6.45, 7) is 2.45. The van der Waals surface area contributed by atoms with E-state index in [1.54, 1.807) is 48.7 Å². The molecule has 122 valence electrons. The molecule has 24 heavy (non-hydrogen) atoms. The third-order valence-corrected chi connectivity index (χ3v) is 3.33. The van der Waals surface area contributed by atoms with E-state index in [2.05, 4.69) is 20.8 Å². The number of hydrogen-bond acceptors (Lipinski definition) is 4. The number of rotatable bonds is 4. The molecule has 0 radical (unpaired) electrons. The maximum absolute atomic E-state index is 12.0. The van der Waals surface area contributed by atoms with Gasteiger partial charge in [-0.15, -0.1) is 0 Å². The van der Waals surface area contributed by atoms with Crippen molar-refractivity contribution in [2.45, 2.75) is 6.92 Å². The largest absolute Gasteiger partial charge is 0.494 e. The van der Waals surface area contributed by atoms with Gasteiger partial charge in [0.15, 0.2) is 0 Å². The Morgan fingerprint density at radius 3 is 2.42 bits per heavy atom. The van der Waals surface area contributed by atoms with Gasteiger partial charge in [-0.05, 0) is 49.4 Å². The van der Waals surface area contributed by atoms with Crippen LogP contribution in [0.4, 0.5) is 11.4 Å². The Labute approximate surface area is 138 Å². The third-order valence-electron chi connectivity index (χ3n) is 3.33. The summed E-state index contributed by atoms with van der Waals surface area (Å²) < 4.78 is 5.32. The maximum Gasteiger partial charge on any atom is 0.314 e. The molecule has 0 spiro atoms. The highest BCUT2D eigenvalue weighted by Gasteiger charge is 2.14. The molecule has 0 aliphatic carbocycles. The molecule has 0 aliphatic heterocycles. The van der Waals surface area contributed by atoms with Gasteiger partial charge in [0, 0.05) is 16.8 Å². The van der Waals surface area contributed by atoms with Gasteiger partial charge in [-0.3, -0.25) is 14.7 Å². The van der Waals surface area contributed by atoms with Crippen LogP contribution >= 0.6 is 0 Å². The molecule has 3 rings (SSSR count). The molecule has 0 fully saturated rings. The first kappa shape index (κ1) is 15.5. The minimum atomic E-state index is -0.747. The van der Waals surface area contributed by atoms with E-state index in [0.29, 0.717) is 23.7 Å². The van der Waals surface area contributed by atoms with Gasteiger partial charge in [0.1, 0.15) is 5.75 Å². The minimum absolute atomic E-state index is 0.513. The second kappa shape index (κ2) is 6.82. The highest BCUT2D eigenvalue weighted by Crippen LogP contribution is 2.17. The lowest BCUT2D eigenvalue weighted by Gasteiger charge is -2.08. The normalized spacial score (nSPS) is 10.4. The third kappa shape index (κ3) is 3.52. The van der Waals surface area contributed by atoms with Crippen molar-refractivity contribution in [1.29, 1.82) is 0 Å². The lowest BCUT2D eigenvalue weighted by Crippen LogP contribution is -2.29. The van der Waals surface area contributed by atoms with Crippen molar-refractivity contribution in [3.63, 3.8) is 0 Å². The molecule has 7 heteroatoms. The molecule has 1 aromatic heterocycles. The van der Waals surface area contributed by atoms with Crippen molar-refractivity contribution in [2.75, 3.05) is 17.2 Å². The summed E-state index contributed by atoms with van der Waals surface area (Å²) in [5.41, 5.74) is 1.81. The molecule has 0 bridgehead atoms. The van der Waals surface area contributed by atoms with Gasteiger partial charge in [-0.25, -0.2) is 0 Å². The molecule has 0 saturated heterocycles. The molecule has 7 nitrogen and oxygen atoms in total. The van der Waals surface area contributed by atoms with Gasteiger partial charge in [-0.1, -0.05) is 0 Å². The summed E-state index contributed by atoms with van der Waals surface area (Å²) in [5.74, 6) is -0.792. The number of ether oxygens (including phenoxy) is 1. The van der Waals surface area contributed by atoms with Gasteiger partial charge in [0.25, 0.3) is 0 Å². The van der Waals surface area contributed by atoms with E-state index in [1.165, 1.54) is 0 Å². The van der Waals surface area contributed by atoms with Gasteiger partial charge in [0.05, 0.1) is 18.3 Å². The lowest BCUT2D eigenvalue weighted by molar-refractivity contribution is -0.132. The minimum Gasteiger partial charge on any atom is -0.494 e. The number of hydrogen-bond donors (Lipinski definition) is 3. The summed E-state index contributed by atoms with van der Waals surface area (Å²) in [5, 5.41) is 12.7. The van der Waals surface area contributed by atoms with Crippen molar-refractivity contribution in [3.05, 3.63) is 48.7 Å². The van der Waals surface area contributed by atoms with Crippen LogP contribution in [0.3, 0.4) is 0 Å². The molecular formula is C17H16N4O3. The number of anilines is 2. The summed E-state index contributed by atoms with van der Waals surface area (Å²) in [6, 6.07) is 12.0. The number of carbonyl (C=O) groups excluding carboxylic acids is 2. The van der Waals surface area contributed by atoms with Crippen LogP contribution in [0.25, 0.3) is 10.9 Å². The van der Waals surface area contributed by atoms with Crippen LogP contribution in [-0.4, -0.2) is 28.6 Å². The SMILES string of the molecule is CCOc1ccc(NC(=O)C(=O)Nc2ccc3cn[nH]c3c2)cc1. The van der Waals surface area contributed by atoms with Crippen LogP contribution in [0.15, 0.2) is 48.7 Å². The monoisotopic (exact) mass is 324 g/mol. The average Bonchev–Trinajstić information content (AvgIpc) is 3.04. The molecular weight excluding hydrogens is 308 g/mol. The van der Waals surface area contributed by atoms with Gasteiger partial charge >= 0.3 is 11.8 Å². The Hall–Kier alpha value is -3.35. The van der Waals surface area contributed by atoms with Crippen molar-refractivity contribution in [3.8, 4) is 5.75 Å². The molecule has 3 aromatic rings. The number of fused-ring (bicyclic) bond motifs is 1. The number of benzene rings is 2. The summed E-state index contributed by atoms with van der Waals surface area (Å²) in [7, 11) is 0. The van der Waals surface area contributed by atoms with Crippen molar-refractivity contribution in [1.82, 2.24) is 10.2 Å². The highest BCUT2D eigenvalue weighted by molar-refractivity contribution is 6.43. The number of carbonyl (C=O) groups is 2. The number of nitrogens with zero attached hydrogens (tertiary/aromatic N) is 1. The van der Waals surface area contributed by atoms with Crippen molar-refractivity contribution in [2.24, 2.45) is 0 Å². The zero-order chi connectivity index (χ0) is 16.9. The van der Waals surface area contributed by atoms with Crippen LogP contribution in [0.1, 0.15) is 6.92 Å². The predicted molar refractivity (Wildman–Crippen MR) is 91.0 cm³/mol. The van der Waals surface area contributed by atoms with E-state index in [0.717, 1.165) is 10.9 Å². The topological polar surface area (TPSA) is 96.1 Å². The fraction of sp³-hybridized carbons (Fsp3) is 0.118. The Morgan fingerprint density at radius 2 is 1.71 bits per heavy atom. The van der Waals surface area contributed by atoms with E-state index in [-0.39, 0.29) is 0 Å². The van der Waals surface area contributed by atoms with E-state index < -0.39 is 11.8 Å². The fourth-order valence-corrected chi connectivity index (χ4v) is 2.19. The second-order valence-corrected chi connectivity index (χ2v) is 5.04. The van der Waals surface area contributed by atoms with Crippen LogP contribution in [0, 0.1) is 0 Å². The van der Waals surface area contributed by atoms with E-state index in [4.69, 9.17) is 4.74 Å². The zero-order valence-corrected chi connectivity index (χ0v) is 13.0. The van der Waals surface area contributed by atoms with Crippen LogP contribution in [0.5, 0.6) is 5.75 Å². The van der Waals surface area contributed by atoms with Gasteiger partial charge < -0.3 is 15.4 Å². The van der Waals surface area contributed by atoms with Crippen molar-refractivity contribution < 1.29 is 14.3 Å². The van der Waals surface area contributed by atoms with Crippen LogP contribution < -0.4 is 15.4 Å². The molecule has 3 N–H and O–H groups in total. The molecule has 0 aliphatic rings. The zero-order valence-electron chi connectivity index (χ0n) is 13.0. The summed E-state index contributed by atoms with van der Waals surface area (Å²) in [6.07, 6.45) is 1.68. The highest BCUT2D eigenvalue weighted by atomic mass is 16.5. The van der Waals surface area contributed by atoms with Crippen LogP contribution in [0.2, 0.25) is 0 Å². The lowest BCUT2D eigenvalue weighted by atomic mass is 10.2. The Morgan fingerprint density at radius 1 is 1.04 bits per heavy atom. The Bertz CT molecular complexity index is 871. The standard InChI is InChI=1S/C17H16N4O3/c1-2-24-14-7-5-12(6-8-14)19-16(22)17(23)20-13-4-3-11-10-18-21-15(11)9-13/h3-10H,2H2,1H3,(H,18,21)(H,19,22)(H,20,23). The summed E-state index contributed by atoms with van der Waals surface area (Å²) in [4.78, 5) is 24.0. The van der Waals surface area contributed by atoms with Crippen LogP contribution in [-0.2, 0) is 9.59 Å². The first-order valence-corrected chi connectivity index (χ1v) is 7.44. The number of amides is 2. The number of nitrogens with one attached hydrogen (secondary N) is 3. The van der Waals surface area contributed by atoms with Crippen molar-refractivity contribution >= 4 is 34.1 Å². The van der Waals surface area contributed by atoms with Gasteiger partial charge in [0.2, 0.25) is 0 Å². The predicted octanol–water partition coefficient (Wildman–Crippen LogP) is 2.54. The smallest absolute Gasteiger partial charge is 0.314 e. The average molecular weight is 324 g/mol. The number of aromatic nitrogens is 2. The quantitative estimate of drug-likeness (QED) is 0.643. The molecule has 0 saturated carbocycles. The first-order chi connectivity index (χ1) is 11.7. The number of H-pyrrole nitrogens is 1. The first-order valence-electron chi connectivity index (χ1n) is 7.44. The Balaban J connectivity index is 1.62. The molecule has 1 heterocycles. The molecule has 0 unspecified atom stereocenters. The fourth-order valence-electron chi connectivity index (χ4n) is 2.19. The summed E-state index contributed by atoms with van der Waals surface area (Å²) >= 11 is 0. The molecule has 0 atom stereocenters. The number of aromatic amines is 1. The van der Waals surface area contributed by atoms with Gasteiger partial charge in [-0.2, -0.15) is 5.10 Å². The van der Waals surface area contributed by atoms with E-state index >= 15 is 0 Å². The second-order valence-electron chi connectivity index (χ2n) is 5.04. The molecule has 2 amide bonds. The van der Waals surface area contributed by atoms with E-state index in [9.17, 15) is 9.59 Å². The Kier molecular flexibility index (Phi) is 4.42. The molecule has 2 aromatic carbocycles. The maximum atomic E-state index is 12.0. The van der Waals surface area contributed by atoms with E-state index in [1.807, 2.05) is 6.92 Å².